The van der Waals surface area contributed by atoms with Crippen molar-refractivity contribution in [3.8, 4) is 0 Å². The van der Waals surface area contributed by atoms with Crippen molar-refractivity contribution in [3.63, 3.8) is 0 Å². The zero-order valence-electron chi connectivity index (χ0n) is 43.8. The smallest absolute Gasteiger partial charge is 0.397 e. The van der Waals surface area contributed by atoms with Gasteiger partial charge in [0.25, 0.3) is 0 Å². The number of rotatable bonds is 48. The maximum atomic E-state index is 12.9. The van der Waals surface area contributed by atoms with E-state index in [4.69, 9.17) is 18.9 Å². The second-order valence-electron chi connectivity index (χ2n) is 18.8. The minimum Gasteiger partial charge on any atom is -0.457 e. The first-order valence-electron chi connectivity index (χ1n) is 27.7. The third-order valence-corrected chi connectivity index (χ3v) is 12.8. The minimum absolute atomic E-state index is 0.0270. The molecule has 1 aliphatic heterocycles. The molecule has 0 spiro atoms. The minimum atomic E-state index is -5.07. The van der Waals surface area contributed by atoms with E-state index < -0.39 is 59.8 Å². The van der Waals surface area contributed by atoms with Crippen molar-refractivity contribution in [2.24, 2.45) is 0 Å². The summed E-state index contributed by atoms with van der Waals surface area (Å²) in [6.45, 7) is 3.87. The molecule has 0 amide bonds. The Kier molecular flexibility index (Phi) is 44.5. The van der Waals surface area contributed by atoms with Crippen LogP contribution in [-0.4, -0.2) is 97.5 Å². The fraction of sp³-hybridized carbons (Fsp3) is 0.772. The topological polar surface area (TPSA) is 178 Å². The highest BCUT2D eigenvalue weighted by atomic mass is 32.3. The summed E-state index contributed by atoms with van der Waals surface area (Å²) in [4.78, 5) is 12.9. The van der Waals surface area contributed by atoms with Crippen molar-refractivity contribution in [1.82, 2.24) is 0 Å². The number of hydrogen-bond acceptors (Lipinski definition) is 11. The van der Waals surface area contributed by atoms with Gasteiger partial charge < -0.3 is 34.3 Å². The molecule has 1 aliphatic rings. The van der Waals surface area contributed by atoms with Crippen molar-refractivity contribution in [2.75, 3.05) is 26.4 Å². The van der Waals surface area contributed by atoms with Gasteiger partial charge in [-0.15, -0.1) is 0 Å². The normalized spacial score (nSPS) is 19.7. The maximum absolute atomic E-state index is 12.9. The zero-order valence-corrected chi connectivity index (χ0v) is 44.6. The van der Waals surface area contributed by atoms with Crippen molar-refractivity contribution in [1.29, 1.82) is 0 Å². The average Bonchev–Trinajstić information content (AvgIpc) is 3.34. The highest BCUT2D eigenvalue weighted by Crippen LogP contribution is 2.26. The lowest BCUT2D eigenvalue weighted by molar-refractivity contribution is -0.301. The predicted molar refractivity (Wildman–Crippen MR) is 285 cm³/mol. The SMILES string of the molecule is CC/C=C\C/C=C\C/C=C\C/C=C\C/C=C\C/C=C\CCCCCCCCCOCC(COC1OC(CO)C(O)C(OS(=O)(=O)O)C1O)OC(=O)CCCCCCCCCCCCCCCCCCC. The number of carbonyl (C=O) groups excluding carboxylic acids is 1. The standard InChI is InChI=1S/C57H100O12S/c1-3-5-7-9-11-13-15-17-19-21-22-23-24-25-26-27-28-29-31-33-35-37-39-41-43-45-47-65-49-51(50-66-57-55(61)56(69-70(62,63)64)54(60)52(48-58)68-57)67-53(59)46-44-42-40-38-36-34-32-30-20-18-16-14-12-10-8-6-4-2/h5,7,11,13,17,19,22-23,25-26,28-29,51-52,54-58,60-61H,3-4,6,8-10,12,14-16,18,20-21,24,27,30-50H2,1-2H3,(H,62,63,64)/b7-5-,13-11-,19-17-,23-22-,26-25-,29-28-. The Balaban J connectivity index is 2.33. The number of ether oxygens (including phenoxy) is 4. The molecule has 1 rings (SSSR count). The Hall–Kier alpha value is -2.46. The summed E-state index contributed by atoms with van der Waals surface area (Å²) in [6, 6.07) is 0. The Labute approximate surface area is 426 Å². The number of esters is 1. The lowest BCUT2D eigenvalue weighted by Gasteiger charge is -2.41. The van der Waals surface area contributed by atoms with Crippen LogP contribution in [0.2, 0.25) is 0 Å². The van der Waals surface area contributed by atoms with Crippen LogP contribution in [0.3, 0.4) is 0 Å². The first-order chi connectivity index (χ1) is 34.1. The van der Waals surface area contributed by atoms with Crippen LogP contribution in [0.25, 0.3) is 0 Å². The molecule has 406 valence electrons. The molecule has 0 aromatic carbocycles. The van der Waals surface area contributed by atoms with Crippen molar-refractivity contribution >= 4 is 16.4 Å². The van der Waals surface area contributed by atoms with Crippen molar-refractivity contribution in [2.45, 2.75) is 256 Å². The van der Waals surface area contributed by atoms with Gasteiger partial charge in [-0.3, -0.25) is 9.35 Å². The Bertz CT molecular complexity index is 1490. The lowest BCUT2D eigenvalue weighted by atomic mass is 9.99. The highest BCUT2D eigenvalue weighted by Gasteiger charge is 2.48. The number of aliphatic hydroxyl groups excluding tert-OH is 3. The Morgan fingerprint density at radius 2 is 0.986 bits per heavy atom. The molecular weight excluding hydrogens is 909 g/mol. The number of hydrogen-bond donors (Lipinski definition) is 4. The lowest BCUT2D eigenvalue weighted by Crippen LogP contribution is -2.60. The van der Waals surface area contributed by atoms with Crippen molar-refractivity contribution in [3.05, 3.63) is 72.9 Å². The Morgan fingerprint density at radius 1 is 0.557 bits per heavy atom. The summed E-state index contributed by atoms with van der Waals surface area (Å²) < 4.78 is 59.4. The molecule has 1 saturated heterocycles. The number of unbranched alkanes of at least 4 members (excludes halogenated alkanes) is 23. The molecule has 1 heterocycles. The first-order valence-corrected chi connectivity index (χ1v) is 29.1. The average molecular weight is 1010 g/mol. The van der Waals surface area contributed by atoms with Gasteiger partial charge in [0.15, 0.2) is 6.29 Å². The molecule has 4 N–H and O–H groups in total. The van der Waals surface area contributed by atoms with E-state index in [-0.39, 0.29) is 19.6 Å². The van der Waals surface area contributed by atoms with E-state index in [0.717, 1.165) is 89.9 Å². The van der Waals surface area contributed by atoms with Crippen LogP contribution in [0.5, 0.6) is 0 Å². The van der Waals surface area contributed by atoms with E-state index in [0.29, 0.717) is 13.0 Å². The predicted octanol–water partition coefficient (Wildman–Crippen LogP) is 13.4. The fourth-order valence-corrected chi connectivity index (χ4v) is 8.72. The number of carbonyl (C=O) groups is 1. The highest BCUT2D eigenvalue weighted by molar-refractivity contribution is 7.80. The van der Waals surface area contributed by atoms with Crippen LogP contribution in [0, 0.1) is 0 Å². The molecule has 70 heavy (non-hydrogen) atoms. The summed E-state index contributed by atoms with van der Waals surface area (Å²) in [5.74, 6) is -0.402. The molecular formula is C57H100O12S. The monoisotopic (exact) mass is 1010 g/mol. The molecule has 1 fully saturated rings. The fourth-order valence-electron chi connectivity index (χ4n) is 8.21. The third kappa shape index (κ3) is 40.1. The molecule has 13 heteroatoms. The maximum Gasteiger partial charge on any atom is 0.397 e. The van der Waals surface area contributed by atoms with Gasteiger partial charge in [-0.05, 0) is 64.2 Å². The quantitative estimate of drug-likeness (QED) is 0.0197. The van der Waals surface area contributed by atoms with Crippen LogP contribution >= 0.6 is 0 Å². The largest absolute Gasteiger partial charge is 0.457 e. The van der Waals surface area contributed by atoms with Crippen LogP contribution in [0.15, 0.2) is 72.9 Å². The van der Waals surface area contributed by atoms with Gasteiger partial charge in [0.1, 0.15) is 30.5 Å². The third-order valence-electron chi connectivity index (χ3n) is 12.3. The first kappa shape index (κ1) is 65.6. The van der Waals surface area contributed by atoms with Crippen LogP contribution in [0.4, 0.5) is 0 Å². The van der Waals surface area contributed by atoms with Crippen molar-refractivity contribution < 1.29 is 56.2 Å². The molecule has 6 unspecified atom stereocenters. The summed E-state index contributed by atoms with van der Waals surface area (Å²) in [5, 5.41) is 30.8. The Morgan fingerprint density at radius 3 is 1.44 bits per heavy atom. The second kappa shape index (κ2) is 47.5. The summed E-state index contributed by atoms with van der Waals surface area (Å²) in [6.07, 6.45) is 53.6. The molecule has 0 aromatic rings. The van der Waals surface area contributed by atoms with Crippen LogP contribution in [-0.2, 0) is 38.3 Å². The molecule has 0 aliphatic carbocycles. The summed E-state index contributed by atoms with van der Waals surface area (Å²) in [7, 11) is -5.07. The van der Waals surface area contributed by atoms with E-state index in [1.165, 1.54) is 103 Å². The number of aliphatic hydroxyl groups is 3. The van der Waals surface area contributed by atoms with Gasteiger partial charge in [0.05, 0.1) is 19.8 Å². The molecule has 0 aromatic heterocycles. The van der Waals surface area contributed by atoms with E-state index in [2.05, 4.69) is 90.9 Å². The summed E-state index contributed by atoms with van der Waals surface area (Å²) in [5.41, 5.74) is 0. The molecule has 0 bridgehead atoms. The van der Waals surface area contributed by atoms with Gasteiger partial charge in [-0.25, -0.2) is 4.18 Å². The van der Waals surface area contributed by atoms with Gasteiger partial charge >= 0.3 is 16.4 Å². The van der Waals surface area contributed by atoms with E-state index >= 15 is 0 Å². The molecule has 0 radical (unpaired) electrons. The van der Waals surface area contributed by atoms with E-state index in [1.54, 1.807) is 0 Å². The van der Waals surface area contributed by atoms with E-state index in [1.807, 2.05) is 0 Å². The van der Waals surface area contributed by atoms with Gasteiger partial charge in [0.2, 0.25) is 0 Å². The zero-order chi connectivity index (χ0) is 51.0. The van der Waals surface area contributed by atoms with Crippen LogP contribution < -0.4 is 0 Å². The molecule has 12 nitrogen and oxygen atoms in total. The van der Waals surface area contributed by atoms with Crippen LogP contribution in [0.1, 0.15) is 219 Å². The number of allylic oxidation sites excluding steroid dienone is 12. The molecule has 0 saturated carbocycles. The van der Waals surface area contributed by atoms with Gasteiger partial charge in [-0.2, -0.15) is 8.42 Å². The summed E-state index contributed by atoms with van der Waals surface area (Å²) >= 11 is 0. The van der Waals surface area contributed by atoms with Gasteiger partial charge in [-0.1, -0.05) is 222 Å². The van der Waals surface area contributed by atoms with Gasteiger partial charge in [0, 0.05) is 13.0 Å². The van der Waals surface area contributed by atoms with E-state index in [9.17, 15) is 33.1 Å². The molecule has 6 atom stereocenters. The second-order valence-corrected chi connectivity index (χ2v) is 19.8.